The van der Waals surface area contributed by atoms with Crippen molar-refractivity contribution in [1.82, 2.24) is 5.32 Å². The average molecular weight is 205 g/mol. The summed E-state index contributed by atoms with van der Waals surface area (Å²) in [5, 5.41) is 12.5. The predicted molar refractivity (Wildman–Crippen MR) is 56.5 cm³/mol. The van der Waals surface area contributed by atoms with Crippen molar-refractivity contribution in [2.75, 3.05) is 33.5 Å². The number of nitrogens with one attached hydrogen (secondary N) is 1. The lowest BCUT2D eigenvalue weighted by Crippen LogP contribution is -2.52. The molecule has 0 aromatic carbocycles. The van der Waals surface area contributed by atoms with Crippen molar-refractivity contribution in [1.29, 1.82) is 0 Å². The molecule has 14 heavy (non-hydrogen) atoms. The zero-order valence-corrected chi connectivity index (χ0v) is 9.67. The van der Waals surface area contributed by atoms with E-state index in [1.807, 2.05) is 20.8 Å². The molecule has 0 fully saturated rings. The summed E-state index contributed by atoms with van der Waals surface area (Å²) in [5.74, 6) is 0. The SMILES string of the molecule is COCCOCC(C)(CO)NC(C)C. The maximum absolute atomic E-state index is 9.22. The van der Waals surface area contributed by atoms with E-state index >= 15 is 0 Å². The first-order valence-corrected chi connectivity index (χ1v) is 4.99. The summed E-state index contributed by atoms with van der Waals surface area (Å²) in [5.41, 5.74) is -0.359. The highest BCUT2D eigenvalue weighted by Gasteiger charge is 2.23. The van der Waals surface area contributed by atoms with Gasteiger partial charge in [0.05, 0.1) is 32.0 Å². The molecule has 0 aliphatic heterocycles. The third-order valence-electron chi connectivity index (χ3n) is 1.84. The van der Waals surface area contributed by atoms with Crippen molar-refractivity contribution in [2.24, 2.45) is 0 Å². The third kappa shape index (κ3) is 6.32. The van der Waals surface area contributed by atoms with Crippen LogP contribution in [0.4, 0.5) is 0 Å². The molecule has 86 valence electrons. The minimum absolute atomic E-state index is 0.0676. The minimum Gasteiger partial charge on any atom is -0.394 e. The van der Waals surface area contributed by atoms with Gasteiger partial charge in [-0.15, -0.1) is 0 Å². The first-order valence-electron chi connectivity index (χ1n) is 4.99. The highest BCUT2D eigenvalue weighted by molar-refractivity contribution is 4.83. The summed E-state index contributed by atoms with van der Waals surface area (Å²) in [7, 11) is 1.64. The number of aliphatic hydroxyl groups excluding tert-OH is 1. The van der Waals surface area contributed by atoms with E-state index in [4.69, 9.17) is 9.47 Å². The predicted octanol–water partition coefficient (Wildman–Crippen LogP) is 0.398. The molecular weight excluding hydrogens is 182 g/mol. The zero-order chi connectivity index (χ0) is 11.0. The van der Waals surface area contributed by atoms with Gasteiger partial charge in [0.2, 0.25) is 0 Å². The lowest BCUT2D eigenvalue weighted by molar-refractivity contribution is 0.0162. The Morgan fingerprint density at radius 3 is 2.43 bits per heavy atom. The fourth-order valence-corrected chi connectivity index (χ4v) is 1.27. The maximum atomic E-state index is 9.22. The van der Waals surface area contributed by atoms with Gasteiger partial charge in [0.1, 0.15) is 0 Å². The fraction of sp³-hybridized carbons (Fsp3) is 1.00. The fourth-order valence-electron chi connectivity index (χ4n) is 1.27. The van der Waals surface area contributed by atoms with Gasteiger partial charge in [-0.3, -0.25) is 0 Å². The van der Waals surface area contributed by atoms with Crippen molar-refractivity contribution in [3.63, 3.8) is 0 Å². The molecule has 0 aromatic rings. The van der Waals surface area contributed by atoms with Crippen molar-refractivity contribution >= 4 is 0 Å². The second-order valence-electron chi connectivity index (χ2n) is 4.06. The van der Waals surface area contributed by atoms with Crippen LogP contribution in [0.2, 0.25) is 0 Å². The molecule has 0 aliphatic carbocycles. The number of ether oxygens (including phenoxy) is 2. The third-order valence-corrected chi connectivity index (χ3v) is 1.84. The monoisotopic (exact) mass is 205 g/mol. The number of hydrogen-bond donors (Lipinski definition) is 2. The van der Waals surface area contributed by atoms with E-state index in [2.05, 4.69) is 5.32 Å². The van der Waals surface area contributed by atoms with Gasteiger partial charge in [0.25, 0.3) is 0 Å². The lowest BCUT2D eigenvalue weighted by atomic mass is 10.0. The van der Waals surface area contributed by atoms with Gasteiger partial charge in [0, 0.05) is 13.2 Å². The van der Waals surface area contributed by atoms with Crippen LogP contribution in [0.1, 0.15) is 20.8 Å². The Morgan fingerprint density at radius 2 is 2.00 bits per heavy atom. The summed E-state index contributed by atoms with van der Waals surface area (Å²) in [6, 6.07) is 0.332. The van der Waals surface area contributed by atoms with Crippen LogP contribution in [-0.4, -0.2) is 50.2 Å². The van der Waals surface area contributed by atoms with Gasteiger partial charge < -0.3 is 19.9 Å². The topological polar surface area (TPSA) is 50.7 Å². The summed E-state index contributed by atoms with van der Waals surface area (Å²) < 4.78 is 10.2. The Labute approximate surface area is 86.6 Å². The summed E-state index contributed by atoms with van der Waals surface area (Å²) in [4.78, 5) is 0. The molecule has 1 unspecified atom stereocenters. The molecule has 0 rings (SSSR count). The number of methoxy groups -OCH3 is 1. The first kappa shape index (κ1) is 13.8. The average Bonchev–Trinajstić information content (AvgIpc) is 2.11. The van der Waals surface area contributed by atoms with E-state index in [1.165, 1.54) is 0 Å². The Balaban J connectivity index is 3.75. The summed E-state index contributed by atoms with van der Waals surface area (Å²) in [6.45, 7) is 7.74. The van der Waals surface area contributed by atoms with Crippen LogP contribution in [0.3, 0.4) is 0 Å². The smallest absolute Gasteiger partial charge is 0.0701 e. The number of rotatable bonds is 8. The van der Waals surface area contributed by atoms with Gasteiger partial charge in [-0.25, -0.2) is 0 Å². The van der Waals surface area contributed by atoms with Crippen molar-refractivity contribution in [3.05, 3.63) is 0 Å². The largest absolute Gasteiger partial charge is 0.394 e. The molecule has 2 N–H and O–H groups in total. The molecule has 0 radical (unpaired) electrons. The number of aliphatic hydroxyl groups is 1. The molecule has 0 spiro atoms. The van der Waals surface area contributed by atoms with Gasteiger partial charge in [-0.05, 0) is 6.92 Å². The van der Waals surface area contributed by atoms with Crippen LogP contribution >= 0.6 is 0 Å². The zero-order valence-electron chi connectivity index (χ0n) is 9.67. The maximum Gasteiger partial charge on any atom is 0.0701 e. The van der Waals surface area contributed by atoms with E-state index < -0.39 is 0 Å². The van der Waals surface area contributed by atoms with E-state index in [-0.39, 0.29) is 12.1 Å². The summed E-state index contributed by atoms with van der Waals surface area (Å²) in [6.07, 6.45) is 0. The van der Waals surface area contributed by atoms with E-state index in [9.17, 15) is 5.11 Å². The van der Waals surface area contributed by atoms with Gasteiger partial charge in [-0.1, -0.05) is 13.8 Å². The Bertz CT molecular complexity index is 141. The van der Waals surface area contributed by atoms with E-state index in [0.717, 1.165) is 0 Å². The molecule has 0 heterocycles. The highest BCUT2D eigenvalue weighted by atomic mass is 16.5. The molecule has 1 atom stereocenters. The van der Waals surface area contributed by atoms with Crippen LogP contribution in [0.5, 0.6) is 0 Å². The van der Waals surface area contributed by atoms with Crippen LogP contribution in [0.15, 0.2) is 0 Å². The van der Waals surface area contributed by atoms with E-state index in [0.29, 0.717) is 25.9 Å². The minimum atomic E-state index is -0.359. The first-order chi connectivity index (χ1) is 6.54. The lowest BCUT2D eigenvalue weighted by Gasteiger charge is -2.30. The van der Waals surface area contributed by atoms with Crippen molar-refractivity contribution in [2.45, 2.75) is 32.4 Å². The highest BCUT2D eigenvalue weighted by Crippen LogP contribution is 2.04. The second-order valence-corrected chi connectivity index (χ2v) is 4.06. The van der Waals surface area contributed by atoms with Crippen LogP contribution < -0.4 is 5.32 Å². The van der Waals surface area contributed by atoms with Gasteiger partial charge >= 0.3 is 0 Å². The molecule has 0 aromatic heterocycles. The summed E-state index contributed by atoms with van der Waals surface area (Å²) >= 11 is 0. The van der Waals surface area contributed by atoms with Crippen LogP contribution in [0, 0.1) is 0 Å². The second kappa shape index (κ2) is 7.17. The Kier molecular flexibility index (Phi) is 7.09. The Morgan fingerprint density at radius 1 is 1.36 bits per heavy atom. The molecular formula is C10H23NO3. The molecule has 4 heteroatoms. The molecule has 0 saturated heterocycles. The van der Waals surface area contributed by atoms with Crippen LogP contribution in [-0.2, 0) is 9.47 Å². The molecule has 0 aliphatic rings. The van der Waals surface area contributed by atoms with Gasteiger partial charge in [-0.2, -0.15) is 0 Å². The molecule has 0 saturated carbocycles. The molecule has 0 bridgehead atoms. The standard InChI is InChI=1S/C10H23NO3/c1-9(2)11-10(3,7-12)8-14-6-5-13-4/h9,11-12H,5-8H2,1-4H3. The molecule has 0 amide bonds. The van der Waals surface area contributed by atoms with Crippen LogP contribution in [0.25, 0.3) is 0 Å². The molecule has 4 nitrogen and oxygen atoms in total. The van der Waals surface area contributed by atoms with Gasteiger partial charge in [0.15, 0.2) is 0 Å². The van der Waals surface area contributed by atoms with E-state index in [1.54, 1.807) is 7.11 Å². The number of hydrogen-bond acceptors (Lipinski definition) is 4. The van der Waals surface area contributed by atoms with Crippen molar-refractivity contribution in [3.8, 4) is 0 Å². The quantitative estimate of drug-likeness (QED) is 0.563. The normalized spacial score (nSPS) is 15.9. The van der Waals surface area contributed by atoms with Crippen molar-refractivity contribution < 1.29 is 14.6 Å². The Hall–Kier alpha value is -0.160.